The molecule has 0 spiro atoms. The molecular weight excluding hydrogens is 1250 g/mol. The van der Waals surface area contributed by atoms with Crippen molar-refractivity contribution in [1.82, 2.24) is 52.8 Å². The van der Waals surface area contributed by atoms with E-state index >= 15 is 0 Å². The first-order chi connectivity index (χ1) is 44.8. The fraction of sp³-hybridized carbons (Fsp3) is 0.709. The topological polar surface area (TPSA) is 718 Å². The zero-order chi connectivity index (χ0) is 71.7. The van der Waals surface area contributed by atoms with Gasteiger partial charge >= 0.3 is 5.97 Å². The number of carbonyl (C=O) groups excluding carboxylic acids is 11. The van der Waals surface area contributed by atoms with Gasteiger partial charge in [-0.15, -0.1) is 0 Å². The summed E-state index contributed by atoms with van der Waals surface area (Å²) in [7, 11) is 0. The molecule has 0 aromatic heterocycles. The van der Waals surface area contributed by atoms with Gasteiger partial charge in [0.1, 0.15) is 60.4 Å². The summed E-state index contributed by atoms with van der Waals surface area (Å²) in [5.41, 5.74) is 66.9. The molecular formula is C55H104N26O14. The smallest absolute Gasteiger partial charge is 0.303 e. The van der Waals surface area contributed by atoms with E-state index < -0.39 is 157 Å². The Kier molecular flexibility index (Phi) is 40.3. The third-order valence-corrected chi connectivity index (χ3v) is 14.6. The Morgan fingerprint density at radius 1 is 0.453 bits per heavy atom. The van der Waals surface area contributed by atoms with E-state index in [1.807, 2.05) is 0 Å². The quantitative estimate of drug-likeness (QED) is 0.0153. The molecule has 0 saturated carbocycles. The van der Waals surface area contributed by atoms with Crippen LogP contribution in [0.2, 0.25) is 0 Å². The van der Waals surface area contributed by atoms with Crippen molar-refractivity contribution in [3.8, 4) is 0 Å². The number of likely N-dealkylation sites (tertiary alicyclic amines) is 1. The molecule has 0 radical (unpaired) electrons. The number of nitrogens with zero attached hydrogens (tertiary/aromatic N) is 5. The van der Waals surface area contributed by atoms with Crippen molar-refractivity contribution in [2.24, 2.45) is 88.8 Å². The summed E-state index contributed by atoms with van der Waals surface area (Å²) in [5.74, 6) is -12.2. The van der Waals surface area contributed by atoms with E-state index in [1.54, 1.807) is 0 Å². The Labute approximate surface area is 550 Å². The SMILES string of the molecule is C[C@H](NC(=O)[C@@H]1CCCN1C(=O)[C@@H](N)[C@@H](C)O)C(=O)N[C@@H](CCC(=O)O)C(=O)N[C@@H](CCCN=C(N)N)C(=O)N[C@@H](CCCN=C(N)N)C(=O)N[C@@H](CCCN=C(N)N)C(=O)N[C@@H](CCCCN)C(=O)N[C@@H](CCCCN)C(=O)N[C@@H](CCCN=C(N)N)C(=O)NCC(N)=O. The first-order valence-electron chi connectivity index (χ1n) is 31.4. The average molecular weight is 1350 g/mol. The van der Waals surface area contributed by atoms with Gasteiger partial charge in [-0.05, 0) is 136 Å². The predicted molar refractivity (Wildman–Crippen MR) is 350 cm³/mol. The van der Waals surface area contributed by atoms with Crippen LogP contribution in [0.5, 0.6) is 0 Å². The molecule has 1 heterocycles. The minimum atomic E-state index is -1.67. The van der Waals surface area contributed by atoms with E-state index in [9.17, 15) is 67.7 Å². The lowest BCUT2D eigenvalue weighted by molar-refractivity contribution is -0.142. The molecule has 0 unspecified atom stereocenters. The summed E-state index contributed by atoms with van der Waals surface area (Å²) in [6.45, 7) is 2.43. The molecule has 1 aliphatic heterocycles. The monoisotopic (exact) mass is 1350 g/mol. The first-order valence-corrected chi connectivity index (χ1v) is 31.4. The van der Waals surface area contributed by atoms with Gasteiger partial charge in [-0.2, -0.15) is 0 Å². The molecule has 0 aromatic rings. The summed E-state index contributed by atoms with van der Waals surface area (Å²) >= 11 is 0. The number of aliphatic hydroxyl groups excluding tert-OH is 1. The molecule has 0 bridgehead atoms. The van der Waals surface area contributed by atoms with Gasteiger partial charge in [0.25, 0.3) is 0 Å². The van der Waals surface area contributed by atoms with Gasteiger partial charge in [0, 0.05) is 39.1 Å². The number of primary amides is 1. The van der Waals surface area contributed by atoms with E-state index in [2.05, 4.69) is 67.8 Å². The standard InChI is InChI=1S/C55H104N26O14/c1-29(73-50(94)38-18-11-27-81(38)51(95)41(59)30(2)82)42(86)74-37(19-20-40(84)85)49(93)80-36(17-10-26-71-55(66)67)48(92)79-35(16-9-25-70-54(64)65)47(91)78-34(15-8-24-69-53(62)63)46(90)77-33(13-4-6-22-57)45(89)76-32(12-3-5-21-56)44(88)75-31(14-7-23-68-52(60)61)43(87)72-28-39(58)83/h29-38,41,82H,3-28,56-57,59H2,1-2H3,(H2,58,83)(H,72,87)(H,73,94)(H,74,86)(H,75,88)(H,76,89)(H,77,90)(H,78,91)(H,79,92)(H,80,93)(H,84,85)(H4,60,61,68)(H4,62,63,69)(H4,64,65,70)(H4,66,67,71)/t29-,30+,31-,32-,33-,34-,35-,36-,37-,38-,41-/m0/s1. The number of nitrogens with one attached hydrogen (secondary N) is 9. The Morgan fingerprint density at radius 2 is 0.768 bits per heavy atom. The van der Waals surface area contributed by atoms with Crippen molar-refractivity contribution in [3.05, 3.63) is 0 Å². The average Bonchev–Trinajstić information content (AvgIpc) is 1.80. The minimum Gasteiger partial charge on any atom is -0.481 e. The third-order valence-electron chi connectivity index (χ3n) is 14.6. The number of nitrogens with two attached hydrogens (primary N) is 12. The van der Waals surface area contributed by atoms with Gasteiger partial charge in [0.05, 0.1) is 12.6 Å². The molecule has 35 N–H and O–H groups in total. The number of hydrogen-bond acceptors (Lipinski definition) is 20. The van der Waals surface area contributed by atoms with Gasteiger partial charge in [-0.25, -0.2) is 0 Å². The first kappa shape index (κ1) is 83.6. The van der Waals surface area contributed by atoms with E-state index in [4.69, 9.17) is 68.8 Å². The van der Waals surface area contributed by atoms with E-state index in [0.29, 0.717) is 25.7 Å². The number of carboxylic acids is 1. The van der Waals surface area contributed by atoms with Crippen LogP contribution in [0.25, 0.3) is 0 Å². The second kappa shape index (κ2) is 45.8. The normalized spacial score (nSPS) is 15.6. The number of aliphatic carboxylic acids is 1. The number of hydrogen-bond donors (Lipinski definition) is 23. The highest BCUT2D eigenvalue weighted by molar-refractivity contribution is 5.99. The van der Waals surface area contributed by atoms with Crippen molar-refractivity contribution in [1.29, 1.82) is 0 Å². The number of guanidine groups is 4. The fourth-order valence-electron chi connectivity index (χ4n) is 9.45. The highest BCUT2D eigenvalue weighted by Crippen LogP contribution is 2.20. The number of aliphatic hydroxyl groups is 1. The maximum atomic E-state index is 14.7. The number of unbranched alkanes of at least 4 members (excludes halogenated alkanes) is 2. The lowest BCUT2D eigenvalue weighted by Gasteiger charge is -2.29. The molecule has 0 aliphatic carbocycles. The van der Waals surface area contributed by atoms with Crippen molar-refractivity contribution < 1.29 is 67.7 Å². The molecule has 40 nitrogen and oxygen atoms in total. The summed E-state index contributed by atoms with van der Waals surface area (Å²) in [6, 6.07) is -14.1. The highest BCUT2D eigenvalue weighted by Gasteiger charge is 2.39. The van der Waals surface area contributed by atoms with Gasteiger partial charge in [-0.1, -0.05) is 0 Å². The van der Waals surface area contributed by atoms with Crippen LogP contribution in [0, 0.1) is 0 Å². The molecule has 1 rings (SSSR count). The number of rotatable bonds is 48. The predicted octanol–water partition coefficient (Wildman–Crippen LogP) is -10.5. The molecule has 95 heavy (non-hydrogen) atoms. The van der Waals surface area contributed by atoms with Gasteiger partial charge < -0.3 is 132 Å². The Bertz CT molecular complexity index is 2650. The second-order valence-electron chi connectivity index (χ2n) is 22.6. The summed E-state index contributed by atoms with van der Waals surface area (Å²) in [5, 5.41) is 42.5. The van der Waals surface area contributed by atoms with E-state index in [-0.39, 0.29) is 147 Å². The molecule has 40 heteroatoms. The van der Waals surface area contributed by atoms with Crippen LogP contribution < -0.4 is 117 Å². The van der Waals surface area contributed by atoms with Crippen molar-refractivity contribution >= 4 is 94.8 Å². The Morgan fingerprint density at radius 3 is 1.07 bits per heavy atom. The summed E-state index contributed by atoms with van der Waals surface area (Å²) < 4.78 is 0. The summed E-state index contributed by atoms with van der Waals surface area (Å²) in [4.78, 5) is 180. The molecule has 1 saturated heterocycles. The van der Waals surface area contributed by atoms with E-state index in [0.717, 1.165) is 0 Å². The van der Waals surface area contributed by atoms with Gasteiger partial charge in [0.2, 0.25) is 65.0 Å². The number of amides is 11. The maximum Gasteiger partial charge on any atom is 0.303 e. The molecule has 11 amide bonds. The van der Waals surface area contributed by atoms with Crippen LogP contribution in [-0.4, -0.2) is 229 Å². The van der Waals surface area contributed by atoms with Gasteiger partial charge in [0.15, 0.2) is 23.8 Å². The van der Waals surface area contributed by atoms with Crippen molar-refractivity contribution in [3.63, 3.8) is 0 Å². The lowest BCUT2D eigenvalue weighted by Crippen LogP contribution is -2.60. The molecule has 1 fully saturated rings. The summed E-state index contributed by atoms with van der Waals surface area (Å²) in [6.07, 6.45) is -0.968. The van der Waals surface area contributed by atoms with Gasteiger partial charge in [-0.3, -0.25) is 77.5 Å². The van der Waals surface area contributed by atoms with Crippen LogP contribution in [0.15, 0.2) is 20.0 Å². The van der Waals surface area contributed by atoms with Crippen LogP contribution in [-0.2, 0) is 57.5 Å². The number of carbonyl (C=O) groups is 12. The van der Waals surface area contributed by atoms with Crippen LogP contribution in [0.1, 0.15) is 129 Å². The lowest BCUT2D eigenvalue weighted by atomic mass is 10.0. The second-order valence-corrected chi connectivity index (χ2v) is 22.6. The molecule has 538 valence electrons. The zero-order valence-electron chi connectivity index (χ0n) is 54.2. The van der Waals surface area contributed by atoms with E-state index in [1.165, 1.54) is 18.7 Å². The molecule has 0 aromatic carbocycles. The van der Waals surface area contributed by atoms with Crippen LogP contribution in [0.4, 0.5) is 0 Å². The van der Waals surface area contributed by atoms with Crippen LogP contribution >= 0.6 is 0 Å². The highest BCUT2D eigenvalue weighted by atomic mass is 16.4. The maximum absolute atomic E-state index is 14.7. The third kappa shape index (κ3) is 34.9. The zero-order valence-corrected chi connectivity index (χ0v) is 54.2. The van der Waals surface area contributed by atoms with Crippen LogP contribution in [0.3, 0.4) is 0 Å². The van der Waals surface area contributed by atoms with Crippen molar-refractivity contribution in [2.45, 2.75) is 196 Å². The Hall–Kier alpha value is -9.44. The number of carboxylic acid groups (broad SMARTS) is 1. The molecule has 11 atom stereocenters. The van der Waals surface area contributed by atoms with Crippen molar-refractivity contribution in [2.75, 3.05) is 52.4 Å². The largest absolute Gasteiger partial charge is 0.481 e. The molecule has 1 aliphatic rings. The minimum absolute atomic E-state index is 0.0000354. The number of aliphatic imine (C=N–C) groups is 4. The Balaban J connectivity index is 3.79. The fourth-order valence-corrected chi connectivity index (χ4v) is 9.45.